The van der Waals surface area contributed by atoms with Gasteiger partial charge in [0.25, 0.3) is 0 Å². The third kappa shape index (κ3) is 4.91. The van der Waals surface area contributed by atoms with Crippen molar-refractivity contribution in [3.63, 3.8) is 0 Å². The fraction of sp³-hybridized carbons (Fsp3) is 0.250. The van der Waals surface area contributed by atoms with Crippen LogP contribution in [0.4, 0.5) is 23.4 Å². The molecule has 4 aromatic rings. The zero-order chi connectivity index (χ0) is 26.3. The van der Waals surface area contributed by atoms with Crippen molar-refractivity contribution >= 4 is 26.7 Å². The van der Waals surface area contributed by atoms with E-state index in [1.807, 2.05) is 29.2 Å². The van der Waals surface area contributed by atoms with Gasteiger partial charge in [-0.05, 0) is 50.7 Å². The predicted molar refractivity (Wildman–Crippen MR) is 129 cm³/mol. The number of alkyl halides is 3. The highest BCUT2D eigenvalue weighted by atomic mass is 32.2. The SMILES string of the molecule is CNS(=O)(=O)c1ccc(-c2cc(NCCn3c(C)cc4c(C)ccc(F)c43)ncn2)cc1C(F)(F)F. The third-order valence-corrected chi connectivity index (χ3v) is 7.35. The molecule has 4 rings (SSSR count). The van der Waals surface area contributed by atoms with E-state index in [9.17, 15) is 26.0 Å². The van der Waals surface area contributed by atoms with E-state index in [-0.39, 0.29) is 17.1 Å². The molecule has 0 aliphatic rings. The zero-order valence-electron chi connectivity index (χ0n) is 19.6. The maximum absolute atomic E-state index is 14.5. The first-order valence-corrected chi connectivity index (χ1v) is 12.4. The van der Waals surface area contributed by atoms with Gasteiger partial charge in [0.15, 0.2) is 0 Å². The average molecular weight is 522 g/mol. The Labute approximate surface area is 205 Å². The van der Waals surface area contributed by atoms with Crippen LogP contribution < -0.4 is 10.0 Å². The van der Waals surface area contributed by atoms with Crippen LogP contribution in [0.2, 0.25) is 0 Å². The Morgan fingerprint density at radius 2 is 1.78 bits per heavy atom. The highest BCUT2D eigenvalue weighted by Gasteiger charge is 2.37. The molecule has 2 aromatic heterocycles. The Hall–Kier alpha value is -3.51. The number of hydrogen-bond donors (Lipinski definition) is 2. The predicted octanol–water partition coefficient (Wildman–Crippen LogP) is 4.89. The Morgan fingerprint density at radius 1 is 1.03 bits per heavy atom. The number of rotatable bonds is 7. The summed E-state index contributed by atoms with van der Waals surface area (Å²) in [6, 6.07) is 9.45. The van der Waals surface area contributed by atoms with Crippen molar-refractivity contribution in [2.24, 2.45) is 0 Å². The largest absolute Gasteiger partial charge is 0.417 e. The fourth-order valence-corrected chi connectivity index (χ4v) is 4.98. The fourth-order valence-electron chi connectivity index (χ4n) is 4.05. The van der Waals surface area contributed by atoms with E-state index in [1.54, 1.807) is 6.07 Å². The Balaban J connectivity index is 1.58. The minimum Gasteiger partial charge on any atom is -0.368 e. The second-order valence-electron chi connectivity index (χ2n) is 8.20. The molecule has 0 bridgehead atoms. The van der Waals surface area contributed by atoms with Gasteiger partial charge in [0, 0.05) is 35.8 Å². The molecule has 0 spiro atoms. The van der Waals surface area contributed by atoms with Gasteiger partial charge in [-0.15, -0.1) is 0 Å². The lowest BCUT2D eigenvalue weighted by atomic mass is 10.1. The van der Waals surface area contributed by atoms with Gasteiger partial charge >= 0.3 is 6.18 Å². The number of sulfonamides is 1. The molecular formula is C24H23F4N5O2S. The van der Waals surface area contributed by atoms with Crippen molar-refractivity contribution in [3.8, 4) is 11.3 Å². The van der Waals surface area contributed by atoms with Crippen LogP contribution in [-0.4, -0.2) is 36.5 Å². The first kappa shape index (κ1) is 25.6. The molecule has 0 aliphatic heterocycles. The molecule has 2 aromatic carbocycles. The van der Waals surface area contributed by atoms with E-state index in [0.29, 0.717) is 24.4 Å². The number of anilines is 1. The number of nitrogens with zero attached hydrogens (tertiary/aromatic N) is 3. The lowest BCUT2D eigenvalue weighted by Gasteiger charge is -2.15. The van der Waals surface area contributed by atoms with Crippen LogP contribution in [0.3, 0.4) is 0 Å². The van der Waals surface area contributed by atoms with Crippen molar-refractivity contribution < 1.29 is 26.0 Å². The number of fused-ring (bicyclic) bond motifs is 1. The molecule has 12 heteroatoms. The van der Waals surface area contributed by atoms with Gasteiger partial charge in [-0.1, -0.05) is 12.1 Å². The number of hydrogen-bond acceptors (Lipinski definition) is 5. The quantitative estimate of drug-likeness (QED) is 0.338. The summed E-state index contributed by atoms with van der Waals surface area (Å²) in [7, 11) is -3.28. The van der Waals surface area contributed by atoms with Gasteiger partial charge < -0.3 is 9.88 Å². The molecule has 190 valence electrons. The topological polar surface area (TPSA) is 88.9 Å². The third-order valence-electron chi connectivity index (χ3n) is 5.88. The van der Waals surface area contributed by atoms with Gasteiger partial charge in [0.2, 0.25) is 10.0 Å². The van der Waals surface area contributed by atoms with Crippen LogP contribution >= 0.6 is 0 Å². The molecule has 0 radical (unpaired) electrons. The highest BCUT2D eigenvalue weighted by molar-refractivity contribution is 7.89. The molecule has 0 unspecified atom stereocenters. The minimum absolute atomic E-state index is 0.0765. The highest BCUT2D eigenvalue weighted by Crippen LogP contribution is 2.36. The van der Waals surface area contributed by atoms with E-state index in [4.69, 9.17) is 0 Å². The van der Waals surface area contributed by atoms with Crippen LogP contribution in [0, 0.1) is 19.7 Å². The molecule has 7 nitrogen and oxygen atoms in total. The standard InChI is InChI=1S/C24H23F4N5O2S/c1-14-4-6-19(25)23-17(14)10-15(2)33(23)9-8-30-22-12-20(31-13-32-22)16-5-7-21(36(34,35)29-3)18(11-16)24(26,27)28/h4-7,10-13,29H,8-9H2,1-3H3,(H,30,31,32). The molecule has 0 saturated heterocycles. The molecule has 2 N–H and O–H groups in total. The summed E-state index contributed by atoms with van der Waals surface area (Å²) in [5, 5.41) is 3.92. The van der Waals surface area contributed by atoms with E-state index in [2.05, 4.69) is 15.3 Å². The molecule has 0 aliphatic carbocycles. The van der Waals surface area contributed by atoms with Crippen molar-refractivity contribution in [1.29, 1.82) is 0 Å². The summed E-state index contributed by atoms with van der Waals surface area (Å²) in [5.41, 5.74) is 1.32. The summed E-state index contributed by atoms with van der Waals surface area (Å²) in [4.78, 5) is 7.28. The van der Waals surface area contributed by atoms with Gasteiger partial charge in [0.1, 0.15) is 18.0 Å². The molecule has 0 atom stereocenters. The van der Waals surface area contributed by atoms with Crippen molar-refractivity contribution in [2.75, 3.05) is 18.9 Å². The summed E-state index contributed by atoms with van der Waals surface area (Å²) in [6.07, 6.45) is -3.70. The molecule has 36 heavy (non-hydrogen) atoms. The van der Waals surface area contributed by atoms with Crippen LogP contribution in [0.15, 0.2) is 53.7 Å². The summed E-state index contributed by atoms with van der Waals surface area (Å²) in [5.74, 6) is 0.0310. The molecule has 0 saturated carbocycles. The smallest absolute Gasteiger partial charge is 0.368 e. The molecular weight excluding hydrogens is 498 g/mol. The second-order valence-corrected chi connectivity index (χ2v) is 10.1. The van der Waals surface area contributed by atoms with Crippen molar-refractivity contribution in [3.05, 3.63) is 71.4 Å². The first-order chi connectivity index (χ1) is 16.9. The molecule has 0 amide bonds. The van der Waals surface area contributed by atoms with Gasteiger partial charge in [0.05, 0.1) is 21.7 Å². The second kappa shape index (κ2) is 9.51. The Bertz CT molecular complexity index is 1550. The summed E-state index contributed by atoms with van der Waals surface area (Å²) >= 11 is 0. The van der Waals surface area contributed by atoms with Gasteiger partial charge in [-0.3, -0.25) is 0 Å². The van der Waals surface area contributed by atoms with Gasteiger partial charge in [-0.2, -0.15) is 13.2 Å². The summed E-state index contributed by atoms with van der Waals surface area (Å²) in [6.45, 7) is 4.58. The van der Waals surface area contributed by atoms with Crippen LogP contribution in [-0.2, 0) is 22.7 Å². The Morgan fingerprint density at radius 3 is 2.47 bits per heavy atom. The lowest BCUT2D eigenvalue weighted by molar-refractivity contribution is -0.139. The normalized spacial score (nSPS) is 12.3. The van der Waals surface area contributed by atoms with Crippen LogP contribution in [0.5, 0.6) is 0 Å². The average Bonchev–Trinajstić information content (AvgIpc) is 3.18. The number of halogens is 4. The first-order valence-electron chi connectivity index (χ1n) is 10.9. The summed E-state index contributed by atoms with van der Waals surface area (Å²) < 4.78 is 83.2. The lowest BCUT2D eigenvalue weighted by Crippen LogP contribution is -2.22. The van der Waals surface area contributed by atoms with Crippen molar-refractivity contribution in [2.45, 2.75) is 31.5 Å². The van der Waals surface area contributed by atoms with Crippen LogP contribution in [0.25, 0.3) is 22.2 Å². The molecule has 0 fully saturated rings. The molecule has 2 heterocycles. The monoisotopic (exact) mass is 521 g/mol. The van der Waals surface area contributed by atoms with E-state index in [0.717, 1.165) is 35.8 Å². The maximum atomic E-state index is 14.5. The van der Waals surface area contributed by atoms with E-state index in [1.165, 1.54) is 24.5 Å². The number of benzene rings is 2. The van der Waals surface area contributed by atoms with E-state index >= 15 is 0 Å². The number of aryl methyl sites for hydroxylation is 2. The van der Waals surface area contributed by atoms with Gasteiger partial charge in [-0.25, -0.2) is 27.5 Å². The van der Waals surface area contributed by atoms with Crippen LogP contribution in [0.1, 0.15) is 16.8 Å². The maximum Gasteiger partial charge on any atom is 0.417 e. The zero-order valence-corrected chi connectivity index (χ0v) is 20.4. The minimum atomic E-state index is -4.89. The number of nitrogens with one attached hydrogen (secondary N) is 2. The van der Waals surface area contributed by atoms with Crippen molar-refractivity contribution in [1.82, 2.24) is 19.3 Å². The number of aromatic nitrogens is 3. The Kier molecular flexibility index (Phi) is 6.76. The van der Waals surface area contributed by atoms with E-state index < -0.39 is 26.7 Å².